The lowest BCUT2D eigenvalue weighted by Gasteiger charge is -2.11. The van der Waals surface area contributed by atoms with Gasteiger partial charge in [0.15, 0.2) is 0 Å². The zero-order valence-electron chi connectivity index (χ0n) is 7.83. The van der Waals surface area contributed by atoms with Gasteiger partial charge < -0.3 is 4.74 Å². The molecule has 0 bridgehead atoms. The van der Waals surface area contributed by atoms with Gasteiger partial charge in [-0.25, -0.2) is 0 Å². The molecule has 2 heterocycles. The molecule has 0 radical (unpaired) electrons. The fourth-order valence-electron chi connectivity index (χ4n) is 1.99. The maximum absolute atomic E-state index is 11.7. The van der Waals surface area contributed by atoms with E-state index in [1.807, 2.05) is 11.8 Å². The summed E-state index contributed by atoms with van der Waals surface area (Å²) in [6.45, 7) is 0.857. The molecular weight excluding hydrogens is 184 g/mol. The summed E-state index contributed by atoms with van der Waals surface area (Å²) in [5.74, 6) is 1.59. The molecular formula is C10H16O2S. The van der Waals surface area contributed by atoms with E-state index in [2.05, 4.69) is 0 Å². The van der Waals surface area contributed by atoms with Crippen molar-refractivity contribution < 1.29 is 9.53 Å². The van der Waals surface area contributed by atoms with Gasteiger partial charge in [-0.2, -0.15) is 11.8 Å². The minimum absolute atomic E-state index is 0.244. The Bertz CT molecular complexity index is 181. The van der Waals surface area contributed by atoms with Crippen LogP contribution in [0.2, 0.25) is 0 Å². The van der Waals surface area contributed by atoms with Crippen LogP contribution in [0.15, 0.2) is 0 Å². The molecule has 2 unspecified atom stereocenters. The predicted octanol–water partition coefficient (Wildman–Crippen LogP) is 2.02. The molecule has 0 aromatic heterocycles. The number of ketones is 1. The predicted molar refractivity (Wildman–Crippen MR) is 54.1 cm³/mol. The zero-order valence-corrected chi connectivity index (χ0v) is 8.65. The number of hydrogen-bond acceptors (Lipinski definition) is 3. The fourth-order valence-corrected chi connectivity index (χ4v) is 3.23. The normalized spacial score (nSPS) is 33.8. The summed E-state index contributed by atoms with van der Waals surface area (Å²) >= 11 is 1.83. The topological polar surface area (TPSA) is 26.3 Å². The lowest BCUT2D eigenvalue weighted by atomic mass is 10.1. The van der Waals surface area contributed by atoms with E-state index >= 15 is 0 Å². The fraction of sp³-hybridized carbons (Fsp3) is 0.900. The van der Waals surface area contributed by atoms with E-state index in [1.54, 1.807) is 0 Å². The second kappa shape index (κ2) is 4.47. The Kier molecular flexibility index (Phi) is 3.28. The van der Waals surface area contributed by atoms with Gasteiger partial charge >= 0.3 is 0 Å². The van der Waals surface area contributed by atoms with Crippen LogP contribution in [0.3, 0.4) is 0 Å². The van der Waals surface area contributed by atoms with Gasteiger partial charge in [0.1, 0.15) is 5.78 Å². The molecule has 0 aliphatic carbocycles. The van der Waals surface area contributed by atoms with Crippen molar-refractivity contribution in [1.82, 2.24) is 0 Å². The lowest BCUT2D eigenvalue weighted by Crippen LogP contribution is -2.20. The molecule has 2 saturated heterocycles. The Balaban J connectivity index is 1.76. The number of hydrogen-bond donors (Lipinski definition) is 0. The van der Waals surface area contributed by atoms with Gasteiger partial charge in [-0.1, -0.05) is 0 Å². The van der Waals surface area contributed by atoms with E-state index in [9.17, 15) is 4.79 Å². The van der Waals surface area contributed by atoms with Crippen molar-refractivity contribution in [3.8, 4) is 0 Å². The smallest absolute Gasteiger partial charge is 0.148 e. The van der Waals surface area contributed by atoms with Gasteiger partial charge in [0.05, 0.1) is 11.4 Å². The summed E-state index contributed by atoms with van der Waals surface area (Å²) in [6.07, 6.45) is 5.44. The zero-order chi connectivity index (χ0) is 9.10. The summed E-state index contributed by atoms with van der Waals surface area (Å²) in [7, 11) is 0. The Morgan fingerprint density at radius 1 is 1.38 bits per heavy atom. The van der Waals surface area contributed by atoms with Gasteiger partial charge in [-0.15, -0.1) is 0 Å². The summed E-state index contributed by atoms with van der Waals surface area (Å²) < 4.78 is 5.45. The molecule has 0 aromatic rings. The monoisotopic (exact) mass is 200 g/mol. The van der Waals surface area contributed by atoms with Crippen LogP contribution in [0, 0.1) is 0 Å². The van der Waals surface area contributed by atoms with Crippen LogP contribution >= 0.6 is 11.8 Å². The Morgan fingerprint density at radius 2 is 2.31 bits per heavy atom. The van der Waals surface area contributed by atoms with Gasteiger partial charge in [0.2, 0.25) is 0 Å². The van der Waals surface area contributed by atoms with Crippen LogP contribution in [0.25, 0.3) is 0 Å². The highest BCUT2D eigenvalue weighted by molar-refractivity contribution is 8.00. The van der Waals surface area contributed by atoms with Crippen LogP contribution in [-0.2, 0) is 9.53 Å². The first-order valence-corrected chi connectivity index (χ1v) is 6.17. The van der Waals surface area contributed by atoms with Crippen LogP contribution in [0.4, 0.5) is 0 Å². The molecule has 2 fully saturated rings. The number of carbonyl (C=O) groups is 1. The minimum atomic E-state index is 0.244. The highest BCUT2D eigenvalue weighted by atomic mass is 32.2. The van der Waals surface area contributed by atoms with E-state index in [1.165, 1.54) is 12.2 Å². The van der Waals surface area contributed by atoms with Crippen molar-refractivity contribution in [2.75, 3.05) is 12.4 Å². The lowest BCUT2D eigenvalue weighted by molar-refractivity contribution is -0.120. The van der Waals surface area contributed by atoms with Crippen molar-refractivity contribution in [1.29, 1.82) is 0 Å². The Hall–Kier alpha value is -0.0200. The minimum Gasteiger partial charge on any atom is -0.378 e. The second-order valence-corrected chi connectivity index (χ2v) is 5.12. The average molecular weight is 200 g/mol. The number of rotatable bonds is 3. The van der Waals surface area contributed by atoms with E-state index in [0.29, 0.717) is 17.5 Å². The Labute approximate surface area is 83.4 Å². The van der Waals surface area contributed by atoms with Crippen molar-refractivity contribution in [3.63, 3.8) is 0 Å². The standard InChI is InChI=1S/C10H16O2S/c11-9(10-4-2-6-13-10)7-8-3-1-5-12-8/h8,10H,1-7H2. The third kappa shape index (κ3) is 2.47. The summed E-state index contributed by atoms with van der Waals surface area (Å²) in [5, 5.41) is 0.296. The molecule has 2 aliphatic heterocycles. The van der Waals surface area contributed by atoms with Crippen molar-refractivity contribution in [2.24, 2.45) is 0 Å². The highest BCUT2D eigenvalue weighted by Gasteiger charge is 2.27. The quantitative estimate of drug-likeness (QED) is 0.697. The molecule has 0 saturated carbocycles. The van der Waals surface area contributed by atoms with Crippen LogP contribution < -0.4 is 0 Å². The van der Waals surface area contributed by atoms with Crippen molar-refractivity contribution in [3.05, 3.63) is 0 Å². The first-order valence-electron chi connectivity index (χ1n) is 5.12. The maximum atomic E-state index is 11.7. The molecule has 0 N–H and O–H groups in total. The molecule has 2 rings (SSSR count). The molecule has 2 aliphatic rings. The van der Waals surface area contributed by atoms with Crippen molar-refractivity contribution in [2.45, 2.75) is 43.5 Å². The highest BCUT2D eigenvalue weighted by Crippen LogP contribution is 2.29. The van der Waals surface area contributed by atoms with E-state index < -0.39 is 0 Å². The molecule has 2 nitrogen and oxygen atoms in total. The van der Waals surface area contributed by atoms with Crippen LogP contribution in [0.1, 0.15) is 32.1 Å². The molecule has 2 atom stereocenters. The third-order valence-electron chi connectivity index (χ3n) is 2.74. The molecule has 74 valence electrons. The molecule has 0 amide bonds. The summed E-state index contributed by atoms with van der Waals surface area (Å²) in [6, 6.07) is 0. The SMILES string of the molecule is O=C(CC1CCCO1)C1CCCS1. The number of thioether (sulfide) groups is 1. The van der Waals surface area contributed by atoms with E-state index in [-0.39, 0.29) is 6.10 Å². The first kappa shape index (κ1) is 9.53. The summed E-state index contributed by atoms with van der Waals surface area (Å²) in [5.41, 5.74) is 0. The van der Waals surface area contributed by atoms with E-state index in [0.717, 1.165) is 25.9 Å². The number of ether oxygens (including phenoxy) is 1. The van der Waals surface area contributed by atoms with Gasteiger partial charge in [-0.3, -0.25) is 4.79 Å². The van der Waals surface area contributed by atoms with E-state index in [4.69, 9.17) is 4.74 Å². The van der Waals surface area contributed by atoms with Crippen LogP contribution in [-0.4, -0.2) is 29.5 Å². The molecule has 13 heavy (non-hydrogen) atoms. The van der Waals surface area contributed by atoms with Crippen molar-refractivity contribution >= 4 is 17.5 Å². The first-order chi connectivity index (χ1) is 6.36. The summed E-state index contributed by atoms with van der Waals surface area (Å²) in [4.78, 5) is 11.7. The maximum Gasteiger partial charge on any atom is 0.148 e. The Morgan fingerprint density at radius 3 is 2.92 bits per heavy atom. The molecule has 0 spiro atoms. The molecule has 3 heteroatoms. The number of carbonyl (C=O) groups excluding carboxylic acids is 1. The van der Waals surface area contributed by atoms with Gasteiger partial charge in [0, 0.05) is 13.0 Å². The molecule has 0 aromatic carbocycles. The average Bonchev–Trinajstić information content (AvgIpc) is 2.74. The van der Waals surface area contributed by atoms with Gasteiger partial charge in [0.25, 0.3) is 0 Å². The largest absolute Gasteiger partial charge is 0.378 e. The number of Topliss-reactive ketones (excluding diaryl/α,β-unsaturated/α-hetero) is 1. The van der Waals surface area contributed by atoms with Gasteiger partial charge in [-0.05, 0) is 31.4 Å². The van der Waals surface area contributed by atoms with Crippen LogP contribution in [0.5, 0.6) is 0 Å². The third-order valence-corrected chi connectivity index (χ3v) is 4.17. The second-order valence-electron chi connectivity index (χ2n) is 3.81.